The van der Waals surface area contributed by atoms with Crippen LogP contribution in [-0.2, 0) is 4.79 Å². The van der Waals surface area contributed by atoms with Crippen LogP contribution < -0.4 is 15.8 Å². The van der Waals surface area contributed by atoms with E-state index in [4.69, 9.17) is 0 Å². The summed E-state index contributed by atoms with van der Waals surface area (Å²) in [6.07, 6.45) is 0. The molecule has 2 aromatic rings. The lowest BCUT2D eigenvalue weighted by Gasteiger charge is -2.40. The number of thioether (sulfide) groups is 1. The monoisotopic (exact) mass is 438 g/mol. The second kappa shape index (κ2) is 8.84. The molecule has 25 heavy (non-hydrogen) atoms. The van der Waals surface area contributed by atoms with Crippen molar-refractivity contribution in [2.24, 2.45) is 0 Å². The number of carbonyl (C=O) groups excluding carboxylic acids is 1. The highest BCUT2D eigenvalue weighted by Gasteiger charge is 2.26. The first kappa shape index (κ1) is 18.4. The van der Waals surface area contributed by atoms with E-state index in [1.807, 2.05) is 42.5 Å². The molecule has 0 aliphatic carbocycles. The molecule has 0 spiro atoms. The van der Waals surface area contributed by atoms with Gasteiger partial charge in [-0.05, 0) is 36.4 Å². The van der Waals surface area contributed by atoms with Gasteiger partial charge in [-0.25, -0.2) is 0 Å². The molecule has 0 saturated carbocycles. The van der Waals surface area contributed by atoms with Crippen molar-refractivity contribution in [3.05, 3.63) is 59.1 Å². The second-order valence-electron chi connectivity index (χ2n) is 5.58. The Morgan fingerprint density at radius 3 is 2.64 bits per heavy atom. The Hall–Kier alpha value is -1.35. The molecule has 1 fully saturated rings. The predicted molar refractivity (Wildman–Crippen MR) is 112 cm³/mol. The Labute approximate surface area is 165 Å². The van der Waals surface area contributed by atoms with Gasteiger partial charge in [0.25, 0.3) is 5.91 Å². The van der Waals surface area contributed by atoms with Crippen molar-refractivity contribution in [1.82, 2.24) is 10.3 Å². The maximum Gasteiger partial charge on any atom is 0.252 e. The Kier molecular flexibility index (Phi) is 6.52. The number of amides is 1. The third kappa shape index (κ3) is 5.31. The van der Waals surface area contributed by atoms with Crippen LogP contribution in [0.1, 0.15) is 0 Å². The first-order chi connectivity index (χ1) is 12.1. The Morgan fingerprint density at radius 1 is 1.20 bits per heavy atom. The number of hydrogen-bond acceptors (Lipinski definition) is 6. The van der Waals surface area contributed by atoms with E-state index in [9.17, 15) is 4.79 Å². The molecule has 1 unspecified atom stereocenters. The molecule has 2 aromatic carbocycles. The number of thiol groups is 1. The van der Waals surface area contributed by atoms with Gasteiger partial charge in [-0.3, -0.25) is 20.5 Å². The number of nitrogens with one attached hydrogen (secondary N) is 2. The SMILES string of the molecule is O=C(CN1CSC(S)N(c2ccccc2)C1)NNc1ccc(Br)cc1. The maximum absolute atomic E-state index is 12.2. The van der Waals surface area contributed by atoms with Gasteiger partial charge in [-0.15, -0.1) is 24.4 Å². The molecule has 8 heteroatoms. The van der Waals surface area contributed by atoms with Crippen molar-refractivity contribution in [2.75, 3.05) is 29.4 Å². The summed E-state index contributed by atoms with van der Waals surface area (Å²) in [4.78, 5) is 16.5. The quantitative estimate of drug-likeness (QED) is 0.491. The zero-order valence-electron chi connectivity index (χ0n) is 13.4. The Morgan fingerprint density at radius 2 is 1.92 bits per heavy atom. The summed E-state index contributed by atoms with van der Waals surface area (Å²) < 4.78 is 1.08. The summed E-state index contributed by atoms with van der Waals surface area (Å²) in [6.45, 7) is 0.983. The maximum atomic E-state index is 12.2. The Balaban J connectivity index is 1.52. The van der Waals surface area contributed by atoms with Gasteiger partial charge in [-0.2, -0.15) is 0 Å². The van der Waals surface area contributed by atoms with Gasteiger partial charge in [0, 0.05) is 16.0 Å². The highest BCUT2D eigenvalue weighted by molar-refractivity contribution is 9.10. The summed E-state index contributed by atoms with van der Waals surface area (Å²) in [7, 11) is 0. The van der Waals surface area contributed by atoms with Gasteiger partial charge >= 0.3 is 0 Å². The van der Waals surface area contributed by atoms with Gasteiger partial charge in [0.15, 0.2) is 0 Å². The van der Waals surface area contributed by atoms with Crippen LogP contribution in [0.4, 0.5) is 11.4 Å². The smallest absolute Gasteiger partial charge is 0.252 e. The number of halogens is 1. The van der Waals surface area contributed by atoms with Crippen LogP contribution in [0.25, 0.3) is 0 Å². The zero-order valence-corrected chi connectivity index (χ0v) is 16.7. The number of benzene rings is 2. The number of hydrogen-bond donors (Lipinski definition) is 3. The number of carbonyl (C=O) groups is 1. The van der Waals surface area contributed by atoms with Crippen molar-refractivity contribution < 1.29 is 4.79 Å². The fourth-order valence-corrected chi connectivity index (χ4v) is 3.99. The van der Waals surface area contributed by atoms with E-state index in [0.717, 1.165) is 21.7 Å². The minimum atomic E-state index is -0.0749. The molecule has 1 aliphatic heterocycles. The van der Waals surface area contributed by atoms with E-state index in [2.05, 4.69) is 61.3 Å². The van der Waals surface area contributed by atoms with Crippen molar-refractivity contribution in [2.45, 2.75) is 4.71 Å². The van der Waals surface area contributed by atoms with Gasteiger partial charge in [-0.1, -0.05) is 34.1 Å². The van der Waals surface area contributed by atoms with Crippen molar-refractivity contribution in [3.8, 4) is 0 Å². The zero-order chi connectivity index (χ0) is 17.6. The molecule has 1 atom stereocenters. The molecule has 132 valence electrons. The molecular formula is C17H19BrN4OS2. The summed E-state index contributed by atoms with van der Waals surface area (Å²) >= 11 is 9.73. The number of hydrazine groups is 1. The molecule has 1 aliphatic rings. The first-order valence-corrected chi connectivity index (χ1v) is 10.1. The lowest BCUT2D eigenvalue weighted by atomic mass is 10.3. The van der Waals surface area contributed by atoms with E-state index >= 15 is 0 Å². The van der Waals surface area contributed by atoms with Gasteiger partial charge < -0.3 is 4.90 Å². The van der Waals surface area contributed by atoms with E-state index in [1.54, 1.807) is 11.8 Å². The molecule has 2 N–H and O–H groups in total. The third-order valence-corrected chi connectivity index (χ3v) is 5.99. The summed E-state index contributed by atoms with van der Waals surface area (Å²) in [5.41, 5.74) is 7.61. The molecule has 1 amide bonds. The van der Waals surface area contributed by atoms with E-state index in [1.165, 1.54) is 0 Å². The van der Waals surface area contributed by atoms with Crippen molar-refractivity contribution in [3.63, 3.8) is 0 Å². The van der Waals surface area contributed by atoms with Gasteiger partial charge in [0.05, 0.1) is 18.9 Å². The van der Waals surface area contributed by atoms with Crippen LogP contribution in [0.2, 0.25) is 0 Å². The standard InChI is InChI=1S/C17H19BrN4OS2/c18-13-6-8-14(9-7-13)19-20-16(23)10-21-11-22(17(24)25-12-21)15-4-2-1-3-5-15/h1-9,17,19,24H,10-12H2,(H,20,23). The molecule has 0 aromatic heterocycles. The first-order valence-electron chi connectivity index (χ1n) is 7.76. The molecule has 5 nitrogen and oxygen atoms in total. The van der Waals surface area contributed by atoms with Crippen LogP contribution in [-0.4, -0.2) is 34.6 Å². The molecule has 0 radical (unpaired) electrons. The average molecular weight is 439 g/mol. The van der Waals surface area contributed by atoms with Crippen LogP contribution in [0, 0.1) is 0 Å². The minimum Gasteiger partial charge on any atom is -0.338 e. The molecule has 3 rings (SSSR count). The fourth-order valence-electron chi connectivity index (χ4n) is 2.43. The lowest BCUT2D eigenvalue weighted by molar-refractivity contribution is -0.121. The topological polar surface area (TPSA) is 47.6 Å². The number of nitrogens with zero attached hydrogens (tertiary/aromatic N) is 2. The summed E-state index contributed by atoms with van der Waals surface area (Å²) in [5.74, 6) is 0.692. The number of rotatable bonds is 5. The molecular weight excluding hydrogens is 420 g/mol. The summed E-state index contributed by atoms with van der Waals surface area (Å²) in [5, 5.41) is 0. The average Bonchev–Trinajstić information content (AvgIpc) is 2.63. The van der Waals surface area contributed by atoms with Crippen molar-refractivity contribution in [1.29, 1.82) is 0 Å². The van der Waals surface area contributed by atoms with Crippen LogP contribution in [0.5, 0.6) is 0 Å². The van der Waals surface area contributed by atoms with E-state index in [-0.39, 0.29) is 10.6 Å². The van der Waals surface area contributed by atoms with Crippen LogP contribution in [0.3, 0.4) is 0 Å². The van der Waals surface area contributed by atoms with Crippen LogP contribution >= 0.6 is 40.3 Å². The highest BCUT2D eigenvalue weighted by Crippen LogP contribution is 2.30. The largest absolute Gasteiger partial charge is 0.338 e. The lowest BCUT2D eigenvalue weighted by Crippen LogP contribution is -2.49. The number of para-hydroxylation sites is 1. The van der Waals surface area contributed by atoms with Gasteiger partial charge in [0.2, 0.25) is 0 Å². The van der Waals surface area contributed by atoms with Crippen molar-refractivity contribution >= 4 is 57.6 Å². The highest BCUT2D eigenvalue weighted by atomic mass is 79.9. The predicted octanol–water partition coefficient (Wildman–Crippen LogP) is 3.58. The molecule has 0 bridgehead atoms. The number of anilines is 2. The Bertz CT molecular complexity index is 702. The van der Waals surface area contributed by atoms with E-state index < -0.39 is 0 Å². The second-order valence-corrected chi connectivity index (χ2v) is 8.37. The summed E-state index contributed by atoms with van der Waals surface area (Å²) in [6, 6.07) is 17.7. The van der Waals surface area contributed by atoms with Crippen LogP contribution in [0.15, 0.2) is 59.1 Å². The fraction of sp³-hybridized carbons (Fsp3) is 0.235. The molecule has 1 saturated heterocycles. The minimum absolute atomic E-state index is 0.0749. The normalized spacial score (nSPS) is 18.0. The van der Waals surface area contributed by atoms with Gasteiger partial charge in [0.1, 0.15) is 4.71 Å². The molecule has 1 heterocycles. The third-order valence-electron chi connectivity index (χ3n) is 3.67. The van der Waals surface area contributed by atoms with E-state index in [0.29, 0.717) is 13.2 Å².